The number of carbonyl (C=O) groups excluding carboxylic acids is 1. The van der Waals surface area contributed by atoms with Gasteiger partial charge in [0.15, 0.2) is 0 Å². The van der Waals surface area contributed by atoms with Crippen molar-refractivity contribution in [3.8, 4) is 0 Å². The van der Waals surface area contributed by atoms with Crippen molar-refractivity contribution in [1.82, 2.24) is 10.2 Å². The molecule has 2 aliphatic heterocycles. The van der Waals surface area contributed by atoms with Crippen molar-refractivity contribution in [1.29, 1.82) is 0 Å². The smallest absolute Gasteiger partial charge is 0.410 e. The minimum atomic E-state index is -0.420. The van der Waals surface area contributed by atoms with Gasteiger partial charge in [0, 0.05) is 18.1 Å². The highest BCUT2D eigenvalue weighted by Gasteiger charge is 2.44. The number of hydrogen-bond donors (Lipinski definition) is 2. The summed E-state index contributed by atoms with van der Waals surface area (Å²) in [5.74, 6) is 0.636. The Balaban J connectivity index is 1.49. The van der Waals surface area contributed by atoms with E-state index in [9.17, 15) is 9.90 Å². The van der Waals surface area contributed by atoms with E-state index in [0.717, 1.165) is 45.1 Å². The van der Waals surface area contributed by atoms with E-state index in [1.54, 1.807) is 0 Å². The van der Waals surface area contributed by atoms with Crippen LogP contribution in [0.4, 0.5) is 4.79 Å². The predicted molar refractivity (Wildman–Crippen MR) is 84.6 cm³/mol. The molecule has 0 spiro atoms. The quantitative estimate of drug-likeness (QED) is 0.839. The Morgan fingerprint density at radius 3 is 2.27 bits per heavy atom. The Bertz CT molecular complexity index is 401. The Hall–Kier alpha value is -0.810. The molecule has 1 saturated carbocycles. The van der Waals surface area contributed by atoms with Crippen molar-refractivity contribution < 1.29 is 14.6 Å². The van der Waals surface area contributed by atoms with E-state index in [2.05, 4.69) is 5.32 Å². The van der Waals surface area contributed by atoms with Crippen LogP contribution in [0.1, 0.15) is 59.3 Å². The summed E-state index contributed by atoms with van der Waals surface area (Å²) in [5, 5.41) is 13.0. The van der Waals surface area contributed by atoms with Crippen LogP contribution in [0.25, 0.3) is 0 Å². The summed E-state index contributed by atoms with van der Waals surface area (Å²) in [6.07, 6.45) is 5.94. The van der Waals surface area contributed by atoms with Crippen LogP contribution in [0.15, 0.2) is 0 Å². The number of aliphatic hydroxyl groups is 1. The first-order valence-electron chi connectivity index (χ1n) is 8.74. The molecule has 0 aromatic heterocycles. The summed E-state index contributed by atoms with van der Waals surface area (Å²) in [5.41, 5.74) is -0.420. The molecule has 22 heavy (non-hydrogen) atoms. The summed E-state index contributed by atoms with van der Waals surface area (Å²) in [4.78, 5) is 14.4. The van der Waals surface area contributed by atoms with Crippen molar-refractivity contribution in [3.63, 3.8) is 0 Å². The summed E-state index contributed by atoms with van der Waals surface area (Å²) >= 11 is 0. The van der Waals surface area contributed by atoms with E-state index in [4.69, 9.17) is 4.74 Å². The molecule has 0 aromatic rings. The van der Waals surface area contributed by atoms with Gasteiger partial charge in [-0.25, -0.2) is 4.79 Å². The number of amides is 1. The van der Waals surface area contributed by atoms with Crippen LogP contribution in [0.2, 0.25) is 0 Å². The predicted octanol–water partition coefficient (Wildman–Crippen LogP) is 2.28. The SMILES string of the molecule is CC(C)(C)OC(=O)N1C2CCC1CC(NCC1CC(O)C1)C2. The van der Waals surface area contributed by atoms with Gasteiger partial charge < -0.3 is 20.1 Å². The lowest BCUT2D eigenvalue weighted by Crippen LogP contribution is -2.53. The second kappa shape index (κ2) is 6.00. The molecule has 1 aliphatic carbocycles. The van der Waals surface area contributed by atoms with Crippen molar-refractivity contribution in [3.05, 3.63) is 0 Å². The maximum atomic E-state index is 12.4. The van der Waals surface area contributed by atoms with Gasteiger partial charge in [-0.15, -0.1) is 0 Å². The number of piperidine rings is 1. The fourth-order valence-corrected chi connectivity index (χ4v) is 4.16. The number of nitrogens with one attached hydrogen (secondary N) is 1. The highest BCUT2D eigenvalue weighted by molar-refractivity contribution is 5.69. The largest absolute Gasteiger partial charge is 0.444 e. The van der Waals surface area contributed by atoms with Gasteiger partial charge in [0.2, 0.25) is 0 Å². The molecule has 2 atom stereocenters. The topological polar surface area (TPSA) is 61.8 Å². The van der Waals surface area contributed by atoms with Gasteiger partial charge in [0.05, 0.1) is 6.10 Å². The Morgan fingerprint density at radius 2 is 1.77 bits per heavy atom. The molecule has 2 heterocycles. The number of nitrogens with zero attached hydrogens (tertiary/aromatic N) is 1. The second-order valence-electron chi connectivity index (χ2n) is 8.34. The highest BCUT2D eigenvalue weighted by atomic mass is 16.6. The van der Waals surface area contributed by atoms with Gasteiger partial charge in [-0.3, -0.25) is 0 Å². The zero-order valence-corrected chi connectivity index (χ0v) is 14.0. The van der Waals surface area contributed by atoms with Crippen molar-refractivity contribution in [2.45, 2.75) is 89.1 Å². The van der Waals surface area contributed by atoms with Gasteiger partial charge in [-0.1, -0.05) is 0 Å². The molecule has 0 aromatic carbocycles. The highest BCUT2D eigenvalue weighted by Crippen LogP contribution is 2.37. The van der Waals surface area contributed by atoms with Gasteiger partial charge in [0.1, 0.15) is 5.60 Å². The summed E-state index contributed by atoms with van der Waals surface area (Å²) < 4.78 is 5.57. The molecule has 2 bridgehead atoms. The molecule has 3 rings (SSSR count). The number of carbonyl (C=O) groups is 1. The maximum absolute atomic E-state index is 12.4. The average Bonchev–Trinajstić information content (AvgIpc) is 2.63. The monoisotopic (exact) mass is 310 g/mol. The lowest BCUT2D eigenvalue weighted by atomic mass is 9.82. The molecule has 2 unspecified atom stereocenters. The lowest BCUT2D eigenvalue weighted by Gasteiger charge is -2.41. The molecular formula is C17H30N2O3. The third-order valence-corrected chi connectivity index (χ3v) is 5.24. The Labute approximate surface area is 133 Å². The van der Waals surface area contributed by atoms with E-state index in [-0.39, 0.29) is 12.2 Å². The van der Waals surface area contributed by atoms with Crippen LogP contribution < -0.4 is 5.32 Å². The molecule has 1 amide bonds. The van der Waals surface area contributed by atoms with Crippen LogP contribution >= 0.6 is 0 Å². The molecular weight excluding hydrogens is 280 g/mol. The number of ether oxygens (including phenoxy) is 1. The van der Waals surface area contributed by atoms with Crippen molar-refractivity contribution >= 4 is 6.09 Å². The normalized spacial score (nSPS) is 37.8. The van der Waals surface area contributed by atoms with Crippen LogP contribution in [-0.4, -0.2) is 52.5 Å². The number of fused-ring (bicyclic) bond motifs is 2. The first-order chi connectivity index (χ1) is 10.3. The van der Waals surface area contributed by atoms with Gasteiger partial charge in [-0.05, 0) is 71.8 Å². The van der Waals surface area contributed by atoms with Gasteiger partial charge in [-0.2, -0.15) is 0 Å². The molecule has 5 heteroatoms. The van der Waals surface area contributed by atoms with E-state index < -0.39 is 5.60 Å². The van der Waals surface area contributed by atoms with E-state index in [0.29, 0.717) is 24.0 Å². The third-order valence-electron chi connectivity index (χ3n) is 5.24. The molecule has 0 radical (unpaired) electrons. The molecule has 3 fully saturated rings. The lowest BCUT2D eigenvalue weighted by molar-refractivity contribution is 0.00308. The van der Waals surface area contributed by atoms with E-state index in [1.807, 2.05) is 25.7 Å². The minimum absolute atomic E-state index is 0.0722. The molecule has 126 valence electrons. The zero-order valence-electron chi connectivity index (χ0n) is 14.0. The van der Waals surface area contributed by atoms with Gasteiger partial charge >= 0.3 is 6.09 Å². The fraction of sp³-hybridized carbons (Fsp3) is 0.941. The summed E-state index contributed by atoms with van der Waals surface area (Å²) in [6, 6.07) is 1.17. The zero-order chi connectivity index (χ0) is 15.9. The Morgan fingerprint density at radius 1 is 1.18 bits per heavy atom. The van der Waals surface area contributed by atoms with Crippen molar-refractivity contribution in [2.24, 2.45) is 5.92 Å². The molecule has 3 aliphatic rings. The first-order valence-corrected chi connectivity index (χ1v) is 8.74. The van der Waals surface area contributed by atoms with E-state index >= 15 is 0 Å². The van der Waals surface area contributed by atoms with Gasteiger partial charge in [0.25, 0.3) is 0 Å². The molecule has 2 N–H and O–H groups in total. The average molecular weight is 310 g/mol. The number of aliphatic hydroxyl groups excluding tert-OH is 1. The number of hydrogen-bond acceptors (Lipinski definition) is 4. The van der Waals surface area contributed by atoms with Crippen LogP contribution in [0, 0.1) is 5.92 Å². The molecule has 2 saturated heterocycles. The maximum Gasteiger partial charge on any atom is 0.410 e. The summed E-state index contributed by atoms with van der Waals surface area (Å²) in [7, 11) is 0. The minimum Gasteiger partial charge on any atom is -0.444 e. The standard InChI is InChI=1S/C17H30N2O3/c1-17(2,3)22-16(21)19-13-4-5-14(19)9-12(8-13)18-10-11-6-15(20)7-11/h11-15,18,20H,4-10H2,1-3H3. The van der Waals surface area contributed by atoms with Crippen LogP contribution in [-0.2, 0) is 4.74 Å². The molecule has 5 nitrogen and oxygen atoms in total. The summed E-state index contributed by atoms with van der Waals surface area (Å²) in [6.45, 7) is 6.78. The number of rotatable bonds is 3. The first kappa shape index (κ1) is 16.1. The van der Waals surface area contributed by atoms with Crippen LogP contribution in [0.5, 0.6) is 0 Å². The third kappa shape index (κ3) is 3.57. The second-order valence-corrected chi connectivity index (χ2v) is 8.34. The van der Waals surface area contributed by atoms with Crippen LogP contribution in [0.3, 0.4) is 0 Å². The fourth-order valence-electron chi connectivity index (χ4n) is 4.16. The Kier molecular flexibility index (Phi) is 4.38. The van der Waals surface area contributed by atoms with E-state index in [1.165, 1.54) is 0 Å². The van der Waals surface area contributed by atoms with Crippen molar-refractivity contribution in [2.75, 3.05) is 6.54 Å².